The largest absolute Gasteiger partial charge is 0.489 e. The van der Waals surface area contributed by atoms with Crippen LogP contribution in [0.4, 0.5) is 0 Å². The molecule has 0 saturated carbocycles. The Morgan fingerprint density at radius 1 is 0.946 bits per heavy atom. The number of rotatable bonds is 4. The van der Waals surface area contributed by atoms with Gasteiger partial charge in [-0.3, -0.25) is 14.5 Å². The molecule has 2 amide bonds. The van der Waals surface area contributed by atoms with E-state index in [1.807, 2.05) is 46.2 Å². The molecule has 2 bridgehead atoms. The number of carbonyl (C=O) groups excluding carboxylic acids is 2. The van der Waals surface area contributed by atoms with Gasteiger partial charge in [0.1, 0.15) is 12.4 Å². The van der Waals surface area contributed by atoms with Gasteiger partial charge in [0.2, 0.25) is 11.8 Å². The first kappa shape index (κ1) is 25.5. The van der Waals surface area contributed by atoms with Crippen molar-refractivity contribution in [3.63, 3.8) is 0 Å². The predicted octanol–water partition coefficient (Wildman–Crippen LogP) is 3.35. The van der Waals surface area contributed by atoms with Gasteiger partial charge in [-0.2, -0.15) is 0 Å². The second-order valence-corrected chi connectivity index (χ2v) is 10.2. The maximum atomic E-state index is 13.6. The Balaban J connectivity index is 1.34. The van der Waals surface area contributed by atoms with Crippen molar-refractivity contribution in [3.8, 4) is 5.75 Å². The summed E-state index contributed by atoms with van der Waals surface area (Å²) in [5.41, 5.74) is 2.25. The number of ether oxygens (including phenoxy) is 2. The Morgan fingerprint density at radius 2 is 1.73 bits per heavy atom. The average Bonchev–Trinajstić information content (AvgIpc) is 2.94. The molecule has 7 nitrogen and oxygen atoms in total. The molecule has 3 aliphatic heterocycles. The minimum atomic E-state index is 0.130. The summed E-state index contributed by atoms with van der Waals surface area (Å²) >= 11 is 0. The molecule has 2 aromatic rings. The summed E-state index contributed by atoms with van der Waals surface area (Å²) in [7, 11) is 0. The smallest absolute Gasteiger partial charge is 0.236 e. The fourth-order valence-electron chi connectivity index (χ4n) is 5.58. The Hall–Kier alpha value is -3.16. The summed E-state index contributed by atoms with van der Waals surface area (Å²) in [6.07, 6.45) is 5.57. The minimum Gasteiger partial charge on any atom is -0.489 e. The Bertz CT molecular complexity index is 1080. The summed E-state index contributed by atoms with van der Waals surface area (Å²) in [5, 5.41) is 0. The summed E-state index contributed by atoms with van der Waals surface area (Å²) < 4.78 is 11.6. The topological polar surface area (TPSA) is 62.3 Å². The van der Waals surface area contributed by atoms with Gasteiger partial charge in [0.15, 0.2) is 0 Å². The number of nitrogens with zero attached hydrogens (tertiary/aromatic N) is 3. The predicted molar refractivity (Wildman–Crippen MR) is 142 cm³/mol. The maximum absolute atomic E-state index is 13.6. The van der Waals surface area contributed by atoms with Crippen LogP contribution in [0.25, 0.3) is 0 Å². The molecule has 0 spiro atoms. The minimum absolute atomic E-state index is 0.130. The van der Waals surface area contributed by atoms with Crippen LogP contribution >= 0.6 is 0 Å². The summed E-state index contributed by atoms with van der Waals surface area (Å²) in [4.78, 5) is 32.7. The van der Waals surface area contributed by atoms with E-state index in [1.54, 1.807) is 0 Å². The van der Waals surface area contributed by atoms with Crippen LogP contribution in [0.3, 0.4) is 0 Å². The van der Waals surface area contributed by atoms with Crippen LogP contribution in [0.15, 0.2) is 66.7 Å². The van der Waals surface area contributed by atoms with E-state index >= 15 is 0 Å². The van der Waals surface area contributed by atoms with Crippen molar-refractivity contribution < 1.29 is 19.1 Å². The molecule has 0 unspecified atom stereocenters. The van der Waals surface area contributed by atoms with E-state index < -0.39 is 0 Å². The highest BCUT2D eigenvalue weighted by Gasteiger charge is 2.33. The first-order valence-corrected chi connectivity index (χ1v) is 13.4. The highest BCUT2D eigenvalue weighted by Crippen LogP contribution is 2.30. The molecular formula is C30H37N3O4. The molecule has 2 aromatic carbocycles. The van der Waals surface area contributed by atoms with Crippen LogP contribution in [0.5, 0.6) is 5.75 Å². The average molecular weight is 504 g/mol. The van der Waals surface area contributed by atoms with Crippen molar-refractivity contribution in [2.24, 2.45) is 11.8 Å². The molecule has 0 N–H and O–H groups in total. The van der Waals surface area contributed by atoms with Gasteiger partial charge in [0.25, 0.3) is 0 Å². The van der Waals surface area contributed by atoms with Crippen molar-refractivity contribution in [2.45, 2.75) is 25.9 Å². The first-order chi connectivity index (χ1) is 18.2. The van der Waals surface area contributed by atoms with Crippen molar-refractivity contribution in [1.29, 1.82) is 0 Å². The zero-order chi connectivity index (χ0) is 25.5. The second-order valence-electron chi connectivity index (χ2n) is 10.2. The number of carbonyl (C=O) groups is 2. The summed E-state index contributed by atoms with van der Waals surface area (Å²) in [5.74, 6) is 1.53. The van der Waals surface area contributed by atoms with E-state index in [2.05, 4.69) is 35.3 Å². The quantitative estimate of drug-likeness (QED) is 0.599. The van der Waals surface area contributed by atoms with Gasteiger partial charge >= 0.3 is 0 Å². The first-order valence-electron chi connectivity index (χ1n) is 13.4. The van der Waals surface area contributed by atoms with Crippen molar-refractivity contribution >= 4 is 11.8 Å². The van der Waals surface area contributed by atoms with E-state index in [4.69, 9.17) is 9.47 Å². The molecule has 2 fully saturated rings. The van der Waals surface area contributed by atoms with Crippen LogP contribution in [0.1, 0.15) is 24.0 Å². The molecule has 7 heteroatoms. The van der Waals surface area contributed by atoms with Crippen LogP contribution in [0.2, 0.25) is 0 Å². The highest BCUT2D eigenvalue weighted by atomic mass is 16.5. The van der Waals surface area contributed by atoms with Gasteiger partial charge in [-0.25, -0.2) is 0 Å². The van der Waals surface area contributed by atoms with Crippen LogP contribution in [0, 0.1) is 11.8 Å². The monoisotopic (exact) mass is 503 g/mol. The Labute approximate surface area is 219 Å². The molecule has 37 heavy (non-hydrogen) atoms. The molecule has 0 aliphatic carbocycles. The van der Waals surface area contributed by atoms with Crippen LogP contribution in [-0.4, -0.2) is 79.1 Å². The zero-order valence-corrected chi connectivity index (χ0v) is 21.5. The Kier molecular flexibility index (Phi) is 8.53. The maximum Gasteiger partial charge on any atom is 0.236 e. The number of morpholine rings is 1. The zero-order valence-electron chi connectivity index (χ0n) is 21.5. The second kappa shape index (κ2) is 12.4. The molecule has 5 rings (SSSR count). The van der Waals surface area contributed by atoms with Crippen molar-refractivity contribution in [3.05, 3.63) is 77.9 Å². The number of piperidine rings is 1. The number of para-hydroxylation sites is 1. The Morgan fingerprint density at radius 3 is 2.57 bits per heavy atom. The van der Waals surface area contributed by atoms with Crippen LogP contribution in [-0.2, 0) is 27.4 Å². The summed E-state index contributed by atoms with van der Waals surface area (Å²) in [6.45, 7) is 6.02. The van der Waals surface area contributed by atoms with Gasteiger partial charge < -0.3 is 19.3 Å². The molecule has 0 aromatic heterocycles. The third kappa shape index (κ3) is 6.79. The van der Waals surface area contributed by atoms with E-state index in [-0.39, 0.29) is 23.7 Å². The molecule has 196 valence electrons. The third-order valence-electron chi connectivity index (χ3n) is 7.65. The van der Waals surface area contributed by atoms with E-state index in [9.17, 15) is 9.59 Å². The van der Waals surface area contributed by atoms with Gasteiger partial charge in [-0.05, 0) is 29.9 Å². The number of benzene rings is 2. The SMILES string of the molecule is O=C(C[C@@H]1CCN2C[C@@H]1C=CCOc1ccccc1CN(Cc1ccccc1)CC2=O)N1CCOCC1. The molecule has 3 aliphatic rings. The van der Waals surface area contributed by atoms with Crippen LogP contribution < -0.4 is 4.74 Å². The number of hydrogen-bond donors (Lipinski definition) is 0. The molecule has 3 heterocycles. The lowest BCUT2D eigenvalue weighted by molar-refractivity contribution is -0.138. The molecular weight excluding hydrogens is 466 g/mol. The van der Waals surface area contributed by atoms with Gasteiger partial charge in [-0.1, -0.05) is 60.7 Å². The number of fused-ring (bicyclic) bond motifs is 3. The third-order valence-corrected chi connectivity index (χ3v) is 7.65. The fourth-order valence-corrected chi connectivity index (χ4v) is 5.58. The standard InChI is InChI=1S/C30H37N3O4/c34-29(32-14-17-36-18-15-32)19-25-12-13-33-22-26(25)10-6-16-37-28-11-5-4-9-27(28)21-31(23-30(33)35)20-24-7-2-1-3-8-24/h1-11,25-26H,12-23H2/t25-,26-/m0/s1. The van der Waals surface area contributed by atoms with Crippen molar-refractivity contribution in [1.82, 2.24) is 14.7 Å². The molecule has 0 radical (unpaired) electrons. The molecule has 2 saturated heterocycles. The fraction of sp³-hybridized carbons (Fsp3) is 0.467. The summed E-state index contributed by atoms with van der Waals surface area (Å²) in [6, 6.07) is 18.4. The number of amides is 2. The van der Waals surface area contributed by atoms with E-state index in [1.165, 1.54) is 5.56 Å². The normalized spacial score (nSPS) is 23.3. The van der Waals surface area contributed by atoms with Crippen molar-refractivity contribution in [2.75, 3.05) is 52.5 Å². The van der Waals surface area contributed by atoms with Gasteiger partial charge in [-0.15, -0.1) is 0 Å². The van der Waals surface area contributed by atoms with Gasteiger partial charge in [0.05, 0.1) is 19.8 Å². The lowest BCUT2D eigenvalue weighted by atomic mass is 9.82. The highest BCUT2D eigenvalue weighted by molar-refractivity contribution is 5.79. The lowest BCUT2D eigenvalue weighted by Gasteiger charge is -2.39. The number of hydrogen-bond acceptors (Lipinski definition) is 5. The lowest BCUT2D eigenvalue weighted by Crippen LogP contribution is -2.48. The van der Waals surface area contributed by atoms with E-state index in [0.29, 0.717) is 72.1 Å². The van der Waals surface area contributed by atoms with E-state index in [0.717, 1.165) is 17.7 Å². The van der Waals surface area contributed by atoms with Gasteiger partial charge in [0, 0.05) is 51.3 Å². The molecule has 2 atom stereocenters.